The lowest BCUT2D eigenvalue weighted by atomic mass is 10.1. The molecule has 26 heavy (non-hydrogen) atoms. The first-order valence-electron chi connectivity index (χ1n) is 7.62. The van der Waals surface area contributed by atoms with Crippen molar-refractivity contribution >= 4 is 48.6 Å². The van der Waals surface area contributed by atoms with Gasteiger partial charge in [0, 0.05) is 22.7 Å². The highest BCUT2D eigenvalue weighted by Gasteiger charge is 2.36. The standard InChI is InChI=1S/C18H12N2O4S2/c21-17-15(25-18(22)20-17)16(26(23,24)11-5-2-1-3-6-11)13-7-4-8-14-12(13)9-10-19-14/h1-10,19H,(H,20,21,22). The molecule has 0 saturated carbocycles. The summed E-state index contributed by atoms with van der Waals surface area (Å²) in [5.41, 5.74) is 1.11. The first kappa shape index (κ1) is 16.6. The Kier molecular flexibility index (Phi) is 3.93. The maximum absolute atomic E-state index is 13.4. The van der Waals surface area contributed by atoms with E-state index in [0.717, 1.165) is 5.52 Å². The first-order valence-corrected chi connectivity index (χ1v) is 9.92. The van der Waals surface area contributed by atoms with Crippen LogP contribution in [-0.2, 0) is 14.6 Å². The predicted octanol–water partition coefficient (Wildman–Crippen LogP) is 3.29. The second-order valence-corrected chi connectivity index (χ2v) is 8.43. The molecule has 1 aliphatic heterocycles. The lowest BCUT2D eigenvalue weighted by molar-refractivity contribution is -0.115. The van der Waals surface area contributed by atoms with E-state index in [1.807, 2.05) is 6.07 Å². The van der Waals surface area contributed by atoms with Crippen LogP contribution in [0.25, 0.3) is 15.8 Å². The van der Waals surface area contributed by atoms with E-state index in [4.69, 9.17) is 0 Å². The number of imide groups is 1. The molecular weight excluding hydrogens is 372 g/mol. The molecule has 8 heteroatoms. The summed E-state index contributed by atoms with van der Waals surface area (Å²) in [6, 6.07) is 14.7. The molecule has 6 nitrogen and oxygen atoms in total. The van der Waals surface area contributed by atoms with Gasteiger partial charge in [0.15, 0.2) is 0 Å². The third-order valence-electron chi connectivity index (χ3n) is 3.98. The summed E-state index contributed by atoms with van der Waals surface area (Å²) in [6.07, 6.45) is 1.69. The average molecular weight is 384 g/mol. The van der Waals surface area contributed by atoms with Crippen LogP contribution in [0, 0.1) is 0 Å². The van der Waals surface area contributed by atoms with E-state index >= 15 is 0 Å². The molecule has 0 aliphatic carbocycles. The van der Waals surface area contributed by atoms with Crippen LogP contribution in [0.15, 0.2) is 70.6 Å². The number of hydrogen-bond acceptors (Lipinski definition) is 5. The average Bonchev–Trinajstić information content (AvgIpc) is 3.23. The molecule has 2 amide bonds. The van der Waals surface area contributed by atoms with Crippen LogP contribution in [0.1, 0.15) is 5.56 Å². The molecule has 0 spiro atoms. The van der Waals surface area contributed by atoms with Crippen LogP contribution in [0.2, 0.25) is 0 Å². The van der Waals surface area contributed by atoms with Gasteiger partial charge in [-0.3, -0.25) is 14.9 Å². The van der Waals surface area contributed by atoms with E-state index in [9.17, 15) is 18.0 Å². The Bertz CT molecular complexity index is 1180. The molecule has 0 atom stereocenters. The summed E-state index contributed by atoms with van der Waals surface area (Å²) in [5.74, 6) is -0.706. The largest absolute Gasteiger partial charge is 0.361 e. The van der Waals surface area contributed by atoms with Gasteiger partial charge >= 0.3 is 0 Å². The molecule has 1 fully saturated rings. The van der Waals surface area contributed by atoms with Gasteiger partial charge in [0.1, 0.15) is 4.91 Å². The molecule has 130 valence electrons. The molecule has 0 radical (unpaired) electrons. The minimum atomic E-state index is -4.03. The van der Waals surface area contributed by atoms with Crippen LogP contribution in [0.3, 0.4) is 0 Å². The number of aromatic amines is 1. The number of fused-ring (bicyclic) bond motifs is 1. The van der Waals surface area contributed by atoms with Crippen molar-refractivity contribution in [3.05, 3.63) is 71.3 Å². The van der Waals surface area contributed by atoms with Crippen LogP contribution in [-0.4, -0.2) is 24.5 Å². The Morgan fingerprint density at radius 3 is 2.38 bits per heavy atom. The molecule has 2 aromatic carbocycles. The quantitative estimate of drug-likeness (QED) is 0.676. The van der Waals surface area contributed by atoms with Gasteiger partial charge < -0.3 is 4.98 Å². The molecule has 0 bridgehead atoms. The van der Waals surface area contributed by atoms with Crippen LogP contribution < -0.4 is 5.32 Å². The number of nitrogens with one attached hydrogen (secondary N) is 2. The second-order valence-electron chi connectivity index (χ2n) is 5.56. The van der Waals surface area contributed by atoms with Crippen molar-refractivity contribution in [2.45, 2.75) is 4.90 Å². The third kappa shape index (κ3) is 2.63. The van der Waals surface area contributed by atoms with Crippen molar-refractivity contribution in [1.29, 1.82) is 0 Å². The minimum absolute atomic E-state index is 0.0581. The van der Waals surface area contributed by atoms with Gasteiger partial charge in [0.25, 0.3) is 11.1 Å². The van der Waals surface area contributed by atoms with Gasteiger partial charge in [-0.15, -0.1) is 0 Å². The van der Waals surface area contributed by atoms with E-state index in [0.29, 0.717) is 22.7 Å². The summed E-state index contributed by atoms with van der Waals surface area (Å²) in [5, 5.41) is 2.20. The summed E-state index contributed by atoms with van der Waals surface area (Å²) in [6.45, 7) is 0. The number of carbonyl (C=O) groups excluding carboxylic acids is 2. The fourth-order valence-corrected chi connectivity index (χ4v) is 5.54. The first-order chi connectivity index (χ1) is 12.5. The summed E-state index contributed by atoms with van der Waals surface area (Å²) in [7, 11) is -4.03. The Morgan fingerprint density at radius 1 is 0.923 bits per heavy atom. The van der Waals surface area contributed by atoms with Crippen LogP contribution >= 0.6 is 11.8 Å². The fourth-order valence-electron chi connectivity index (χ4n) is 2.85. The van der Waals surface area contributed by atoms with Gasteiger partial charge in [-0.2, -0.15) is 0 Å². The van der Waals surface area contributed by atoms with Gasteiger partial charge in [0.2, 0.25) is 9.84 Å². The number of hydrogen-bond donors (Lipinski definition) is 2. The fraction of sp³-hybridized carbons (Fsp3) is 0. The van der Waals surface area contributed by atoms with Crippen molar-refractivity contribution in [3.8, 4) is 0 Å². The number of benzene rings is 2. The zero-order chi connectivity index (χ0) is 18.3. The Morgan fingerprint density at radius 2 is 1.69 bits per heavy atom. The number of thioether (sulfide) groups is 1. The van der Waals surface area contributed by atoms with Gasteiger partial charge in [-0.1, -0.05) is 30.3 Å². The highest BCUT2D eigenvalue weighted by molar-refractivity contribution is 8.19. The zero-order valence-corrected chi connectivity index (χ0v) is 14.9. The number of rotatable bonds is 3. The molecular formula is C18H12N2O4S2. The number of amides is 2. The Hall–Kier alpha value is -2.84. The smallest absolute Gasteiger partial charge is 0.290 e. The molecule has 4 rings (SSSR count). The molecule has 3 aromatic rings. The minimum Gasteiger partial charge on any atom is -0.361 e. The Balaban J connectivity index is 2.07. The normalized spacial score (nSPS) is 16.8. The van der Waals surface area contributed by atoms with Crippen LogP contribution in [0.4, 0.5) is 4.79 Å². The summed E-state index contributed by atoms with van der Waals surface area (Å²) >= 11 is 0.600. The van der Waals surface area contributed by atoms with Crippen molar-refractivity contribution in [2.24, 2.45) is 0 Å². The van der Waals surface area contributed by atoms with Gasteiger partial charge in [0.05, 0.1) is 9.80 Å². The molecule has 1 saturated heterocycles. The monoisotopic (exact) mass is 384 g/mol. The molecule has 1 aliphatic rings. The lowest BCUT2D eigenvalue weighted by Crippen LogP contribution is -2.19. The molecule has 2 N–H and O–H groups in total. The Labute approximate surface area is 153 Å². The van der Waals surface area contributed by atoms with Gasteiger partial charge in [-0.25, -0.2) is 8.42 Å². The van der Waals surface area contributed by atoms with Crippen molar-refractivity contribution in [1.82, 2.24) is 10.3 Å². The summed E-state index contributed by atoms with van der Waals surface area (Å²) < 4.78 is 26.7. The number of aromatic nitrogens is 1. The van der Waals surface area contributed by atoms with E-state index in [1.165, 1.54) is 12.1 Å². The van der Waals surface area contributed by atoms with Crippen LogP contribution in [0.5, 0.6) is 0 Å². The predicted molar refractivity (Wildman–Crippen MR) is 100.0 cm³/mol. The number of carbonyl (C=O) groups is 2. The van der Waals surface area contributed by atoms with Crippen molar-refractivity contribution in [3.63, 3.8) is 0 Å². The lowest BCUT2D eigenvalue weighted by Gasteiger charge is -2.12. The zero-order valence-electron chi connectivity index (χ0n) is 13.2. The highest BCUT2D eigenvalue weighted by atomic mass is 32.2. The molecule has 2 heterocycles. The SMILES string of the molecule is O=C1NC(=O)C(=C(c2cccc3[nH]ccc23)S(=O)(=O)c2ccccc2)S1. The van der Waals surface area contributed by atoms with Crippen molar-refractivity contribution < 1.29 is 18.0 Å². The van der Waals surface area contributed by atoms with Gasteiger partial charge in [-0.05, 0) is 36.0 Å². The maximum atomic E-state index is 13.4. The third-order valence-corrected chi connectivity index (χ3v) is 6.85. The van der Waals surface area contributed by atoms with E-state index in [1.54, 1.807) is 42.6 Å². The van der Waals surface area contributed by atoms with Crippen molar-refractivity contribution in [2.75, 3.05) is 0 Å². The molecule has 0 unspecified atom stereocenters. The van der Waals surface area contributed by atoms with E-state index in [-0.39, 0.29) is 14.7 Å². The highest BCUT2D eigenvalue weighted by Crippen LogP contribution is 2.40. The maximum Gasteiger partial charge on any atom is 0.290 e. The molecule has 1 aromatic heterocycles. The van der Waals surface area contributed by atoms with E-state index in [2.05, 4.69) is 10.3 Å². The summed E-state index contributed by atoms with van der Waals surface area (Å²) in [4.78, 5) is 26.7. The van der Waals surface area contributed by atoms with E-state index < -0.39 is 21.0 Å². The second kappa shape index (κ2) is 6.15. The number of sulfone groups is 1. The number of H-pyrrole nitrogens is 1. The topological polar surface area (TPSA) is 96.1 Å².